The Morgan fingerprint density at radius 3 is 2.56 bits per heavy atom. The predicted octanol–water partition coefficient (Wildman–Crippen LogP) is 4.12. The van der Waals surface area contributed by atoms with Crippen molar-refractivity contribution in [3.05, 3.63) is 29.6 Å². The zero-order chi connectivity index (χ0) is 11.5. The van der Waals surface area contributed by atoms with Gasteiger partial charge in [0.05, 0.1) is 0 Å². The highest BCUT2D eigenvalue weighted by Crippen LogP contribution is 2.29. The average Bonchev–Trinajstić information content (AvgIpc) is 2.68. The molecule has 1 aliphatic rings. The van der Waals surface area contributed by atoms with E-state index in [1.54, 1.807) is 12.1 Å². The Balaban J connectivity index is 2.02. The van der Waals surface area contributed by atoms with E-state index >= 15 is 0 Å². The minimum Gasteiger partial charge on any atom is -0.382 e. The number of hydrogen-bond acceptors (Lipinski definition) is 1. The molecule has 1 atom stereocenters. The van der Waals surface area contributed by atoms with E-state index in [2.05, 4.69) is 12.2 Å². The third-order valence-corrected chi connectivity index (χ3v) is 3.54. The van der Waals surface area contributed by atoms with E-state index < -0.39 is 0 Å². The zero-order valence-corrected chi connectivity index (χ0v) is 10.1. The van der Waals surface area contributed by atoms with Crippen LogP contribution in [0.25, 0.3) is 0 Å². The highest BCUT2D eigenvalue weighted by atomic mass is 19.1. The van der Waals surface area contributed by atoms with Crippen LogP contribution in [0, 0.1) is 18.7 Å². The smallest absolute Gasteiger partial charge is 0.125 e. The summed E-state index contributed by atoms with van der Waals surface area (Å²) in [5.74, 6) is 0.602. The molecule has 0 spiro atoms. The second-order valence-corrected chi connectivity index (χ2v) is 4.99. The average molecular weight is 221 g/mol. The Hall–Kier alpha value is -1.05. The molecular formula is C14H20FN. The van der Waals surface area contributed by atoms with Gasteiger partial charge in [0.15, 0.2) is 0 Å². The SMILES string of the molecule is Cc1cc(F)cc(NC(C)C2CCCC2)c1. The monoisotopic (exact) mass is 221 g/mol. The first kappa shape index (κ1) is 11.4. The van der Waals surface area contributed by atoms with Crippen LogP contribution in [0.15, 0.2) is 18.2 Å². The largest absolute Gasteiger partial charge is 0.382 e. The molecule has 0 aliphatic heterocycles. The first-order valence-electron chi connectivity index (χ1n) is 6.19. The molecule has 0 heterocycles. The molecule has 1 aliphatic carbocycles. The van der Waals surface area contributed by atoms with Gasteiger partial charge in [0.2, 0.25) is 0 Å². The molecule has 1 N–H and O–H groups in total. The van der Waals surface area contributed by atoms with Crippen molar-refractivity contribution in [3.8, 4) is 0 Å². The molecule has 1 aromatic rings. The van der Waals surface area contributed by atoms with Gasteiger partial charge in [-0.2, -0.15) is 0 Å². The van der Waals surface area contributed by atoms with Crippen LogP contribution < -0.4 is 5.32 Å². The van der Waals surface area contributed by atoms with E-state index in [4.69, 9.17) is 0 Å². The molecule has 2 rings (SSSR count). The number of nitrogens with one attached hydrogen (secondary N) is 1. The Kier molecular flexibility index (Phi) is 3.47. The van der Waals surface area contributed by atoms with E-state index in [1.807, 2.05) is 13.0 Å². The summed E-state index contributed by atoms with van der Waals surface area (Å²) in [7, 11) is 0. The maximum absolute atomic E-state index is 13.2. The second kappa shape index (κ2) is 4.86. The Labute approximate surface area is 97.1 Å². The van der Waals surface area contributed by atoms with Crippen LogP contribution in [0.5, 0.6) is 0 Å². The second-order valence-electron chi connectivity index (χ2n) is 4.99. The van der Waals surface area contributed by atoms with Crippen molar-refractivity contribution >= 4 is 5.69 Å². The third kappa shape index (κ3) is 2.75. The van der Waals surface area contributed by atoms with E-state index in [0.717, 1.165) is 17.2 Å². The summed E-state index contributed by atoms with van der Waals surface area (Å²) in [6, 6.07) is 5.60. The van der Waals surface area contributed by atoms with Crippen molar-refractivity contribution in [2.24, 2.45) is 5.92 Å². The number of anilines is 1. The fourth-order valence-corrected chi connectivity index (χ4v) is 2.66. The fourth-order valence-electron chi connectivity index (χ4n) is 2.66. The molecule has 16 heavy (non-hydrogen) atoms. The highest BCUT2D eigenvalue weighted by molar-refractivity contribution is 5.46. The predicted molar refractivity (Wildman–Crippen MR) is 66.2 cm³/mol. The molecule has 0 aromatic heterocycles. The molecule has 1 aromatic carbocycles. The van der Waals surface area contributed by atoms with Gasteiger partial charge in [-0.15, -0.1) is 0 Å². The van der Waals surface area contributed by atoms with Crippen LogP contribution in [-0.2, 0) is 0 Å². The van der Waals surface area contributed by atoms with Gasteiger partial charge >= 0.3 is 0 Å². The standard InChI is InChI=1S/C14H20FN/c1-10-7-13(15)9-14(8-10)16-11(2)12-5-3-4-6-12/h7-9,11-12,16H,3-6H2,1-2H3. The van der Waals surface area contributed by atoms with E-state index in [-0.39, 0.29) is 5.82 Å². The van der Waals surface area contributed by atoms with Crippen molar-refractivity contribution in [2.75, 3.05) is 5.32 Å². The van der Waals surface area contributed by atoms with Gasteiger partial charge in [-0.25, -0.2) is 4.39 Å². The van der Waals surface area contributed by atoms with Crippen molar-refractivity contribution in [2.45, 2.75) is 45.6 Å². The number of hydrogen-bond donors (Lipinski definition) is 1. The quantitative estimate of drug-likeness (QED) is 0.809. The Bertz CT molecular complexity index is 336. The molecule has 88 valence electrons. The summed E-state index contributed by atoms with van der Waals surface area (Å²) < 4.78 is 13.2. The maximum Gasteiger partial charge on any atom is 0.125 e. The summed E-state index contributed by atoms with van der Waals surface area (Å²) in [6.45, 7) is 4.13. The molecule has 1 unspecified atom stereocenters. The Morgan fingerprint density at radius 1 is 1.25 bits per heavy atom. The van der Waals surface area contributed by atoms with Gasteiger partial charge in [-0.1, -0.05) is 12.8 Å². The lowest BCUT2D eigenvalue weighted by Crippen LogP contribution is -2.23. The van der Waals surface area contributed by atoms with Gasteiger partial charge < -0.3 is 5.32 Å². The van der Waals surface area contributed by atoms with Crippen LogP contribution in [0.2, 0.25) is 0 Å². The number of benzene rings is 1. The minimum absolute atomic E-state index is 0.152. The molecule has 1 fully saturated rings. The lowest BCUT2D eigenvalue weighted by molar-refractivity contribution is 0.482. The number of aryl methyl sites for hydroxylation is 1. The molecule has 0 bridgehead atoms. The van der Waals surface area contributed by atoms with Gasteiger partial charge in [-0.05, 0) is 56.4 Å². The highest BCUT2D eigenvalue weighted by Gasteiger charge is 2.21. The van der Waals surface area contributed by atoms with Crippen molar-refractivity contribution in [3.63, 3.8) is 0 Å². The van der Waals surface area contributed by atoms with Gasteiger partial charge in [0, 0.05) is 11.7 Å². The zero-order valence-electron chi connectivity index (χ0n) is 10.1. The first-order chi connectivity index (χ1) is 7.65. The molecule has 1 saturated carbocycles. The van der Waals surface area contributed by atoms with E-state index in [0.29, 0.717) is 6.04 Å². The van der Waals surface area contributed by atoms with Crippen molar-refractivity contribution in [1.29, 1.82) is 0 Å². The van der Waals surface area contributed by atoms with Gasteiger partial charge in [0.1, 0.15) is 5.82 Å². The maximum atomic E-state index is 13.2. The van der Waals surface area contributed by atoms with Gasteiger partial charge in [0.25, 0.3) is 0 Å². The summed E-state index contributed by atoms with van der Waals surface area (Å²) in [5, 5.41) is 3.43. The first-order valence-corrected chi connectivity index (χ1v) is 6.19. The molecular weight excluding hydrogens is 201 g/mol. The molecule has 2 heteroatoms. The Morgan fingerprint density at radius 2 is 1.94 bits per heavy atom. The molecule has 0 amide bonds. The topological polar surface area (TPSA) is 12.0 Å². The van der Waals surface area contributed by atoms with Crippen LogP contribution in [0.1, 0.15) is 38.2 Å². The van der Waals surface area contributed by atoms with Crippen molar-refractivity contribution in [1.82, 2.24) is 0 Å². The molecule has 0 radical (unpaired) electrons. The summed E-state index contributed by atoms with van der Waals surface area (Å²) in [4.78, 5) is 0. The lowest BCUT2D eigenvalue weighted by atomic mass is 9.99. The normalized spacial score (nSPS) is 18.7. The third-order valence-electron chi connectivity index (χ3n) is 3.54. The van der Waals surface area contributed by atoms with E-state index in [1.165, 1.54) is 25.7 Å². The summed E-state index contributed by atoms with van der Waals surface area (Å²) >= 11 is 0. The van der Waals surface area contributed by atoms with Crippen molar-refractivity contribution < 1.29 is 4.39 Å². The lowest BCUT2D eigenvalue weighted by Gasteiger charge is -2.21. The fraction of sp³-hybridized carbons (Fsp3) is 0.571. The summed E-state index contributed by atoms with van der Waals surface area (Å²) in [6.07, 6.45) is 5.31. The van der Waals surface area contributed by atoms with E-state index in [9.17, 15) is 4.39 Å². The van der Waals surface area contributed by atoms with Gasteiger partial charge in [-0.3, -0.25) is 0 Å². The minimum atomic E-state index is -0.152. The van der Waals surface area contributed by atoms with Crippen LogP contribution in [0.3, 0.4) is 0 Å². The molecule has 1 nitrogen and oxygen atoms in total. The number of rotatable bonds is 3. The molecule has 0 saturated heterocycles. The van der Waals surface area contributed by atoms with Crippen LogP contribution in [0.4, 0.5) is 10.1 Å². The van der Waals surface area contributed by atoms with Crippen LogP contribution in [-0.4, -0.2) is 6.04 Å². The van der Waals surface area contributed by atoms with Crippen LogP contribution >= 0.6 is 0 Å². The number of halogens is 1. The summed E-state index contributed by atoms with van der Waals surface area (Å²) in [5.41, 5.74) is 1.89.